The third-order valence-electron chi connectivity index (χ3n) is 5.76. The maximum atomic E-state index is 12.6. The molecule has 9 heteroatoms. The Morgan fingerprint density at radius 2 is 1.76 bits per heavy atom. The molecule has 0 aliphatic heterocycles. The molecular weight excluding hydrogens is 468 g/mol. The Morgan fingerprint density at radius 3 is 2.49 bits per heavy atom. The molecule has 188 valence electrons. The lowest BCUT2D eigenvalue weighted by molar-refractivity contribution is -0.141. The van der Waals surface area contributed by atoms with Crippen molar-refractivity contribution >= 4 is 34.7 Å². The Hall–Kier alpha value is -4.92. The summed E-state index contributed by atoms with van der Waals surface area (Å²) in [6.07, 6.45) is 5.41. The first kappa shape index (κ1) is 25.2. The number of amides is 1. The van der Waals surface area contributed by atoms with Crippen LogP contribution in [-0.4, -0.2) is 45.3 Å². The molecule has 0 saturated heterocycles. The number of para-hydroxylation sites is 1. The average molecular weight is 497 g/mol. The van der Waals surface area contributed by atoms with E-state index >= 15 is 0 Å². The second-order valence-corrected chi connectivity index (χ2v) is 8.46. The molecule has 4 rings (SSSR count). The van der Waals surface area contributed by atoms with Crippen LogP contribution in [0.3, 0.4) is 0 Å². The largest absolute Gasteiger partial charge is 0.480 e. The highest BCUT2D eigenvalue weighted by atomic mass is 16.4. The zero-order valence-electron chi connectivity index (χ0n) is 20.1. The van der Waals surface area contributed by atoms with E-state index in [-0.39, 0.29) is 18.9 Å². The Kier molecular flexibility index (Phi) is 7.95. The quantitative estimate of drug-likeness (QED) is 0.115. The SMILES string of the molecule is NC(N)=NCCC[C@H](NC(=O)C=Cc1cn(-c2ccccc2)nc1-c1ccc2ccccc2c1)C(=O)O. The van der Waals surface area contributed by atoms with Crippen molar-refractivity contribution in [2.24, 2.45) is 16.5 Å². The molecule has 4 aromatic rings. The van der Waals surface area contributed by atoms with Crippen LogP contribution in [-0.2, 0) is 9.59 Å². The fraction of sp³-hybridized carbons (Fsp3) is 0.143. The smallest absolute Gasteiger partial charge is 0.326 e. The minimum absolute atomic E-state index is 0.0582. The van der Waals surface area contributed by atoms with Gasteiger partial charge < -0.3 is 21.9 Å². The number of benzene rings is 3. The predicted octanol–water partition coefficient (Wildman–Crippen LogP) is 3.33. The molecule has 37 heavy (non-hydrogen) atoms. The molecule has 1 amide bonds. The molecule has 9 nitrogen and oxygen atoms in total. The highest BCUT2D eigenvalue weighted by Gasteiger charge is 2.18. The standard InChI is InChI=1S/C28H28N6O3/c29-28(30)31-16-6-11-24(27(36)37)32-25(35)15-14-22-18-34(23-9-2-1-3-10-23)33-26(22)21-13-12-19-7-4-5-8-20(19)17-21/h1-5,7-10,12-15,17-18,24H,6,11,16H2,(H,32,35)(H,36,37)(H4,29,30,31)/t24-/m0/s1. The van der Waals surface area contributed by atoms with Crippen LogP contribution in [0.15, 0.2) is 90.1 Å². The van der Waals surface area contributed by atoms with Crippen molar-refractivity contribution in [3.8, 4) is 16.9 Å². The zero-order valence-corrected chi connectivity index (χ0v) is 20.1. The van der Waals surface area contributed by atoms with Gasteiger partial charge in [-0.25, -0.2) is 9.48 Å². The van der Waals surface area contributed by atoms with Crippen LogP contribution in [0.1, 0.15) is 18.4 Å². The summed E-state index contributed by atoms with van der Waals surface area (Å²) in [5, 5.41) is 19.0. The number of rotatable bonds is 10. The summed E-state index contributed by atoms with van der Waals surface area (Å²) in [7, 11) is 0. The van der Waals surface area contributed by atoms with E-state index in [1.54, 1.807) is 10.8 Å². The van der Waals surface area contributed by atoms with Gasteiger partial charge in [-0.3, -0.25) is 9.79 Å². The number of nitrogens with one attached hydrogen (secondary N) is 1. The number of nitrogens with two attached hydrogens (primary N) is 2. The number of aromatic nitrogens is 2. The number of aliphatic imine (C=N–C) groups is 1. The number of hydrogen-bond donors (Lipinski definition) is 4. The van der Waals surface area contributed by atoms with Crippen molar-refractivity contribution in [1.82, 2.24) is 15.1 Å². The lowest BCUT2D eigenvalue weighted by Crippen LogP contribution is -2.40. The van der Waals surface area contributed by atoms with Gasteiger partial charge in [0.15, 0.2) is 5.96 Å². The average Bonchev–Trinajstić information content (AvgIpc) is 3.33. The van der Waals surface area contributed by atoms with Crippen molar-refractivity contribution < 1.29 is 14.7 Å². The molecule has 1 aromatic heterocycles. The van der Waals surface area contributed by atoms with E-state index in [4.69, 9.17) is 16.6 Å². The fourth-order valence-electron chi connectivity index (χ4n) is 3.93. The van der Waals surface area contributed by atoms with E-state index in [1.165, 1.54) is 6.08 Å². The summed E-state index contributed by atoms with van der Waals surface area (Å²) in [6.45, 7) is 0.283. The minimum Gasteiger partial charge on any atom is -0.480 e. The second-order valence-electron chi connectivity index (χ2n) is 8.46. The van der Waals surface area contributed by atoms with Crippen LogP contribution in [0.5, 0.6) is 0 Å². The normalized spacial score (nSPS) is 11.9. The molecule has 3 aromatic carbocycles. The number of carboxylic acid groups (broad SMARTS) is 1. The molecule has 0 aliphatic rings. The number of hydrogen-bond acceptors (Lipinski definition) is 4. The van der Waals surface area contributed by atoms with Crippen LogP contribution in [0, 0.1) is 0 Å². The highest BCUT2D eigenvalue weighted by Crippen LogP contribution is 2.28. The number of guanidine groups is 1. The van der Waals surface area contributed by atoms with Crippen molar-refractivity contribution in [2.75, 3.05) is 6.54 Å². The van der Waals surface area contributed by atoms with Crippen LogP contribution in [0.25, 0.3) is 33.8 Å². The van der Waals surface area contributed by atoms with Crippen molar-refractivity contribution in [3.05, 3.63) is 90.6 Å². The Balaban J connectivity index is 1.59. The Morgan fingerprint density at radius 1 is 1.03 bits per heavy atom. The third kappa shape index (κ3) is 6.61. The maximum Gasteiger partial charge on any atom is 0.326 e. The lowest BCUT2D eigenvalue weighted by Gasteiger charge is -2.12. The van der Waals surface area contributed by atoms with Crippen LogP contribution >= 0.6 is 0 Å². The third-order valence-corrected chi connectivity index (χ3v) is 5.76. The van der Waals surface area contributed by atoms with Crippen molar-refractivity contribution in [3.63, 3.8) is 0 Å². The summed E-state index contributed by atoms with van der Waals surface area (Å²) in [4.78, 5) is 28.1. The van der Waals surface area contributed by atoms with E-state index in [1.807, 2.05) is 72.9 Å². The van der Waals surface area contributed by atoms with E-state index in [9.17, 15) is 14.7 Å². The van der Waals surface area contributed by atoms with Gasteiger partial charge in [0.25, 0.3) is 0 Å². The van der Waals surface area contributed by atoms with E-state index in [2.05, 4.69) is 16.4 Å². The number of carboxylic acids is 1. The number of fused-ring (bicyclic) bond motifs is 1. The van der Waals surface area contributed by atoms with E-state index in [0.29, 0.717) is 17.7 Å². The monoisotopic (exact) mass is 496 g/mol. The van der Waals surface area contributed by atoms with E-state index < -0.39 is 17.9 Å². The number of nitrogens with zero attached hydrogens (tertiary/aromatic N) is 3. The maximum absolute atomic E-state index is 12.6. The van der Waals surface area contributed by atoms with Crippen molar-refractivity contribution in [2.45, 2.75) is 18.9 Å². The Labute approximate surface area is 214 Å². The number of carbonyl (C=O) groups excluding carboxylic acids is 1. The topological polar surface area (TPSA) is 149 Å². The molecule has 0 radical (unpaired) electrons. The van der Waals surface area contributed by atoms with Crippen LogP contribution < -0.4 is 16.8 Å². The van der Waals surface area contributed by atoms with E-state index in [0.717, 1.165) is 22.0 Å². The first-order valence-corrected chi connectivity index (χ1v) is 11.8. The van der Waals surface area contributed by atoms with Crippen LogP contribution in [0.4, 0.5) is 0 Å². The molecular formula is C28H28N6O3. The molecule has 0 unspecified atom stereocenters. The summed E-state index contributed by atoms with van der Waals surface area (Å²) in [5.74, 6) is -1.71. The van der Waals surface area contributed by atoms with Crippen molar-refractivity contribution in [1.29, 1.82) is 0 Å². The first-order chi connectivity index (χ1) is 17.9. The minimum atomic E-state index is -1.12. The molecule has 1 heterocycles. The number of aliphatic carboxylic acids is 1. The number of carbonyl (C=O) groups is 2. The highest BCUT2D eigenvalue weighted by molar-refractivity contribution is 5.95. The molecule has 0 bridgehead atoms. The lowest BCUT2D eigenvalue weighted by atomic mass is 10.0. The molecule has 0 spiro atoms. The predicted molar refractivity (Wildman–Crippen MR) is 145 cm³/mol. The van der Waals surface area contributed by atoms with Crippen LogP contribution in [0.2, 0.25) is 0 Å². The Bertz CT molecular complexity index is 1460. The molecule has 6 N–H and O–H groups in total. The molecule has 0 saturated carbocycles. The van der Waals surface area contributed by atoms with Gasteiger partial charge in [0.2, 0.25) is 5.91 Å². The molecule has 0 aliphatic carbocycles. The summed E-state index contributed by atoms with van der Waals surface area (Å²) in [6, 6.07) is 22.7. The van der Waals surface area contributed by atoms with Gasteiger partial charge in [0.1, 0.15) is 6.04 Å². The summed E-state index contributed by atoms with van der Waals surface area (Å²) >= 11 is 0. The van der Waals surface area contributed by atoms with Gasteiger partial charge >= 0.3 is 5.97 Å². The fourth-order valence-corrected chi connectivity index (χ4v) is 3.93. The van der Waals surface area contributed by atoms with Gasteiger partial charge in [-0.2, -0.15) is 5.10 Å². The van der Waals surface area contributed by atoms with Gasteiger partial charge in [0.05, 0.1) is 11.4 Å². The van der Waals surface area contributed by atoms with Gasteiger partial charge in [-0.15, -0.1) is 0 Å². The second kappa shape index (κ2) is 11.7. The van der Waals surface area contributed by atoms with Gasteiger partial charge in [0, 0.05) is 29.9 Å². The first-order valence-electron chi connectivity index (χ1n) is 11.8. The summed E-state index contributed by atoms with van der Waals surface area (Å²) in [5.41, 5.74) is 13.8. The van der Waals surface area contributed by atoms with Gasteiger partial charge in [-0.05, 0) is 47.9 Å². The molecule has 0 fully saturated rings. The molecule has 1 atom stereocenters. The summed E-state index contributed by atoms with van der Waals surface area (Å²) < 4.78 is 1.76. The van der Waals surface area contributed by atoms with Gasteiger partial charge in [-0.1, -0.05) is 54.6 Å². The zero-order chi connectivity index (χ0) is 26.2.